The number of imidazole rings is 1. The smallest absolute Gasteiger partial charge is 0.374 e. The van der Waals surface area contributed by atoms with E-state index in [1.165, 1.54) is 13.2 Å². The number of amides is 2. The van der Waals surface area contributed by atoms with Crippen LogP contribution in [0, 0.1) is 18.3 Å². The lowest BCUT2D eigenvalue weighted by molar-refractivity contribution is -0.272. The van der Waals surface area contributed by atoms with Crippen molar-refractivity contribution < 1.29 is 23.1 Å². The Morgan fingerprint density at radius 2 is 2.12 bits per heavy atom. The van der Waals surface area contributed by atoms with Crippen LogP contribution in [0.3, 0.4) is 0 Å². The Bertz CT molecular complexity index is 607. The minimum absolute atomic E-state index is 0.0274. The van der Waals surface area contributed by atoms with Gasteiger partial charge in [-0.25, -0.2) is 9.78 Å². The first-order valence-corrected chi connectivity index (χ1v) is 7.30. The quantitative estimate of drug-likeness (QED) is 0.684. The maximum absolute atomic E-state index is 13.3. The summed E-state index contributed by atoms with van der Waals surface area (Å²) in [6, 6.07) is -1.24. The molecule has 1 heterocycles. The van der Waals surface area contributed by atoms with Gasteiger partial charge in [0.2, 0.25) is 5.60 Å². The highest BCUT2D eigenvalue weighted by molar-refractivity contribution is 5.74. The van der Waals surface area contributed by atoms with E-state index in [4.69, 9.17) is 6.42 Å². The predicted molar refractivity (Wildman–Crippen MR) is 81.8 cm³/mol. The van der Waals surface area contributed by atoms with E-state index in [9.17, 15) is 23.1 Å². The zero-order valence-corrected chi connectivity index (χ0v) is 13.7. The van der Waals surface area contributed by atoms with Gasteiger partial charge in [0.25, 0.3) is 0 Å². The normalized spacial score (nSPS) is 15.5. The van der Waals surface area contributed by atoms with Crippen LogP contribution in [-0.2, 0) is 12.6 Å². The van der Waals surface area contributed by atoms with Crippen LogP contribution < -0.4 is 10.6 Å². The number of rotatable bonds is 6. The van der Waals surface area contributed by atoms with Crippen molar-refractivity contribution in [1.29, 1.82) is 0 Å². The number of halogens is 3. The fourth-order valence-corrected chi connectivity index (χ4v) is 2.09. The summed E-state index contributed by atoms with van der Waals surface area (Å²) in [7, 11) is 1.35. The molecule has 134 valence electrons. The Kier molecular flexibility index (Phi) is 6.26. The average Bonchev–Trinajstić information content (AvgIpc) is 2.89. The number of aryl methyl sites for hydroxylation is 1. The van der Waals surface area contributed by atoms with Crippen LogP contribution in [0.15, 0.2) is 12.4 Å². The molecule has 0 aromatic carbocycles. The summed E-state index contributed by atoms with van der Waals surface area (Å²) < 4.78 is 40.9. The third-order valence-corrected chi connectivity index (χ3v) is 3.57. The van der Waals surface area contributed by atoms with Gasteiger partial charge in [-0.2, -0.15) is 13.2 Å². The molecule has 9 heteroatoms. The molecule has 0 aliphatic carbocycles. The maximum atomic E-state index is 13.3. The first kappa shape index (κ1) is 19.8. The third-order valence-electron chi connectivity index (χ3n) is 3.57. The monoisotopic (exact) mass is 346 g/mol. The largest absolute Gasteiger partial charge is 0.424 e. The van der Waals surface area contributed by atoms with Crippen LogP contribution >= 0.6 is 0 Å². The average molecular weight is 346 g/mol. The number of nitrogens with one attached hydrogen (secondary N) is 2. The number of carbonyl (C=O) groups is 1. The van der Waals surface area contributed by atoms with Gasteiger partial charge >= 0.3 is 12.2 Å². The second kappa shape index (κ2) is 7.57. The molecular formula is C15H21F3N4O2. The van der Waals surface area contributed by atoms with Crippen LogP contribution in [0.2, 0.25) is 0 Å². The minimum atomic E-state index is -4.94. The number of urea groups is 1. The van der Waals surface area contributed by atoms with Gasteiger partial charge in [0.05, 0.1) is 6.04 Å². The SMILES string of the molecule is C#C[C@@H](NC(=O)NCC[C@](O)(c1nccn1C)C(F)(F)F)C(C)C. The molecule has 2 atom stereocenters. The summed E-state index contributed by atoms with van der Waals surface area (Å²) in [6.07, 6.45) is 2.00. The van der Waals surface area contributed by atoms with E-state index < -0.39 is 42.6 Å². The second-order valence-corrected chi connectivity index (χ2v) is 5.76. The molecule has 0 fully saturated rings. The summed E-state index contributed by atoms with van der Waals surface area (Å²) in [5.41, 5.74) is -3.16. The van der Waals surface area contributed by atoms with E-state index in [1.807, 2.05) is 0 Å². The number of hydrogen-bond donors (Lipinski definition) is 3. The van der Waals surface area contributed by atoms with Crippen molar-refractivity contribution in [3.05, 3.63) is 18.2 Å². The van der Waals surface area contributed by atoms with Gasteiger partial charge < -0.3 is 20.3 Å². The topological polar surface area (TPSA) is 79.2 Å². The molecule has 3 N–H and O–H groups in total. The molecular weight excluding hydrogens is 325 g/mol. The minimum Gasteiger partial charge on any atom is -0.374 e. The Balaban J connectivity index is 2.74. The van der Waals surface area contributed by atoms with Gasteiger partial charge in [-0.15, -0.1) is 6.42 Å². The van der Waals surface area contributed by atoms with Crippen LogP contribution in [0.4, 0.5) is 18.0 Å². The zero-order chi connectivity index (χ0) is 18.5. The van der Waals surface area contributed by atoms with E-state index in [-0.39, 0.29) is 5.92 Å². The highest BCUT2D eigenvalue weighted by atomic mass is 19.4. The summed E-state index contributed by atoms with van der Waals surface area (Å²) >= 11 is 0. The Morgan fingerprint density at radius 1 is 1.50 bits per heavy atom. The lowest BCUT2D eigenvalue weighted by Crippen LogP contribution is -2.49. The molecule has 6 nitrogen and oxygen atoms in total. The van der Waals surface area contributed by atoms with Gasteiger partial charge in [-0.05, 0) is 5.92 Å². The summed E-state index contributed by atoms with van der Waals surface area (Å²) in [4.78, 5) is 15.3. The van der Waals surface area contributed by atoms with Crippen LogP contribution in [0.5, 0.6) is 0 Å². The van der Waals surface area contributed by atoms with E-state index in [1.54, 1.807) is 13.8 Å². The number of alkyl halides is 3. The van der Waals surface area contributed by atoms with Gasteiger partial charge in [0, 0.05) is 32.4 Å². The standard InChI is InChI=1S/C15H21F3N4O2/c1-5-11(10(2)3)21-13(23)20-7-6-14(24,15(16,17)18)12-19-8-9-22(12)4/h1,8-11,24H,6-7H2,2-4H3,(H2,20,21,23)/t11-,14+/m1/s1. The van der Waals surface area contributed by atoms with Crippen LogP contribution in [-0.4, -0.2) is 39.5 Å². The van der Waals surface area contributed by atoms with Crippen molar-refractivity contribution in [2.45, 2.75) is 38.1 Å². The first-order valence-electron chi connectivity index (χ1n) is 7.30. The summed E-state index contributed by atoms with van der Waals surface area (Å²) in [5, 5.41) is 14.8. The second-order valence-electron chi connectivity index (χ2n) is 5.76. The van der Waals surface area contributed by atoms with E-state index in [0.717, 1.165) is 10.8 Å². The van der Waals surface area contributed by atoms with Crippen molar-refractivity contribution in [3.8, 4) is 12.3 Å². The van der Waals surface area contributed by atoms with E-state index >= 15 is 0 Å². The molecule has 0 saturated carbocycles. The van der Waals surface area contributed by atoms with Crippen LogP contribution in [0.25, 0.3) is 0 Å². The van der Waals surface area contributed by atoms with Crippen molar-refractivity contribution in [1.82, 2.24) is 20.2 Å². The number of hydrogen-bond acceptors (Lipinski definition) is 3. The lowest BCUT2D eigenvalue weighted by atomic mass is 9.97. The lowest BCUT2D eigenvalue weighted by Gasteiger charge is -2.30. The van der Waals surface area contributed by atoms with Crippen molar-refractivity contribution >= 4 is 6.03 Å². The molecule has 24 heavy (non-hydrogen) atoms. The highest BCUT2D eigenvalue weighted by Gasteiger charge is 2.57. The highest BCUT2D eigenvalue weighted by Crippen LogP contribution is 2.40. The van der Waals surface area contributed by atoms with Gasteiger partial charge in [-0.3, -0.25) is 0 Å². The Morgan fingerprint density at radius 3 is 2.54 bits per heavy atom. The molecule has 0 saturated heterocycles. The molecule has 0 bridgehead atoms. The summed E-state index contributed by atoms with van der Waals surface area (Å²) in [5.74, 6) is 1.81. The summed E-state index contributed by atoms with van der Waals surface area (Å²) in [6.45, 7) is 3.19. The molecule has 0 aliphatic rings. The maximum Gasteiger partial charge on any atom is 0.424 e. The zero-order valence-electron chi connectivity index (χ0n) is 13.7. The van der Waals surface area contributed by atoms with Crippen molar-refractivity contribution in [2.24, 2.45) is 13.0 Å². The molecule has 1 rings (SSSR count). The van der Waals surface area contributed by atoms with Crippen molar-refractivity contribution in [2.75, 3.05) is 6.54 Å². The molecule has 2 amide bonds. The number of nitrogens with zero attached hydrogens (tertiary/aromatic N) is 2. The van der Waals surface area contributed by atoms with Crippen molar-refractivity contribution in [3.63, 3.8) is 0 Å². The molecule has 0 aliphatic heterocycles. The Hall–Kier alpha value is -2.21. The molecule has 1 aromatic rings. The van der Waals surface area contributed by atoms with E-state index in [2.05, 4.69) is 21.5 Å². The van der Waals surface area contributed by atoms with Gasteiger partial charge in [0.1, 0.15) is 5.82 Å². The fraction of sp³-hybridized carbons (Fsp3) is 0.600. The predicted octanol–water partition coefficient (Wildman–Crippen LogP) is 1.52. The first-order chi connectivity index (χ1) is 11.0. The van der Waals surface area contributed by atoms with Crippen LogP contribution in [0.1, 0.15) is 26.1 Å². The molecule has 0 radical (unpaired) electrons. The Labute approximate surface area is 138 Å². The fourth-order valence-electron chi connectivity index (χ4n) is 2.09. The molecule has 1 aromatic heterocycles. The number of carbonyl (C=O) groups excluding carboxylic acids is 1. The number of aliphatic hydroxyl groups is 1. The molecule has 0 spiro atoms. The van der Waals surface area contributed by atoms with Gasteiger partial charge in [0.15, 0.2) is 0 Å². The van der Waals surface area contributed by atoms with E-state index in [0.29, 0.717) is 0 Å². The van der Waals surface area contributed by atoms with Gasteiger partial charge in [-0.1, -0.05) is 19.8 Å². The third kappa shape index (κ3) is 4.41. The molecule has 0 unspecified atom stereocenters. The number of terminal acetylenes is 1. The number of aromatic nitrogens is 2.